The standard InChI is InChI=1S/C20H33N3O4S/c1-2-22-16-11-15(28-10-6-9-19(25)26)12-17(16)23(20(22)27)21-13-18(24)14-7-4-3-5-8-14/h13-18,24H,2-12H2,1H3,(H,25,26). The van der Waals surface area contributed by atoms with Crippen LogP contribution in [0.2, 0.25) is 0 Å². The molecular formula is C20H33N3O4S. The van der Waals surface area contributed by atoms with E-state index in [1.807, 2.05) is 23.6 Å². The summed E-state index contributed by atoms with van der Waals surface area (Å²) in [6, 6.07) is 0.164. The Kier molecular flexibility index (Phi) is 7.62. The Hall–Kier alpha value is -1.28. The third-order valence-electron chi connectivity index (χ3n) is 6.31. The van der Waals surface area contributed by atoms with Crippen LogP contribution >= 0.6 is 11.8 Å². The van der Waals surface area contributed by atoms with Crippen LogP contribution < -0.4 is 0 Å². The fraction of sp³-hybridized carbons (Fsp3) is 0.850. The van der Waals surface area contributed by atoms with Gasteiger partial charge in [-0.25, -0.2) is 9.80 Å². The van der Waals surface area contributed by atoms with Crippen molar-refractivity contribution >= 4 is 30.0 Å². The first kappa shape index (κ1) is 21.4. The van der Waals surface area contributed by atoms with Crippen molar-refractivity contribution in [1.82, 2.24) is 9.91 Å². The Balaban J connectivity index is 1.57. The summed E-state index contributed by atoms with van der Waals surface area (Å²) in [5.74, 6) is 0.346. The minimum absolute atomic E-state index is 0.0548. The second-order valence-corrected chi connectivity index (χ2v) is 9.57. The number of urea groups is 1. The van der Waals surface area contributed by atoms with Crippen molar-refractivity contribution in [2.45, 2.75) is 88.1 Å². The number of fused-ring (bicyclic) bond motifs is 1. The van der Waals surface area contributed by atoms with E-state index in [0.717, 1.165) is 44.3 Å². The highest BCUT2D eigenvalue weighted by atomic mass is 32.2. The molecular weight excluding hydrogens is 378 g/mol. The number of hydrazone groups is 1. The first-order valence-electron chi connectivity index (χ1n) is 10.7. The summed E-state index contributed by atoms with van der Waals surface area (Å²) in [4.78, 5) is 25.3. The Morgan fingerprint density at radius 1 is 1.29 bits per heavy atom. The molecule has 7 nitrogen and oxygen atoms in total. The monoisotopic (exact) mass is 411 g/mol. The molecule has 0 radical (unpaired) electrons. The summed E-state index contributed by atoms with van der Waals surface area (Å²) in [6.07, 6.45) is 9.32. The van der Waals surface area contributed by atoms with E-state index < -0.39 is 12.1 Å². The van der Waals surface area contributed by atoms with E-state index in [1.54, 1.807) is 11.2 Å². The number of carboxylic acid groups (broad SMARTS) is 1. The lowest BCUT2D eigenvalue weighted by atomic mass is 9.86. The fourth-order valence-corrected chi connectivity index (χ4v) is 6.12. The van der Waals surface area contributed by atoms with E-state index in [4.69, 9.17) is 5.11 Å². The highest BCUT2D eigenvalue weighted by Crippen LogP contribution is 2.41. The van der Waals surface area contributed by atoms with Crippen molar-refractivity contribution in [2.24, 2.45) is 11.0 Å². The molecule has 1 aliphatic heterocycles. The molecule has 8 heteroatoms. The molecule has 0 bridgehead atoms. The van der Waals surface area contributed by atoms with E-state index in [9.17, 15) is 14.7 Å². The number of likely N-dealkylation sites (N-methyl/N-ethyl adjacent to an activating group) is 1. The largest absolute Gasteiger partial charge is 0.481 e. The lowest BCUT2D eigenvalue weighted by molar-refractivity contribution is -0.137. The van der Waals surface area contributed by atoms with Crippen LogP contribution in [0.15, 0.2) is 5.10 Å². The molecule has 4 atom stereocenters. The van der Waals surface area contributed by atoms with Crippen LogP contribution in [-0.4, -0.2) is 74.1 Å². The number of carbonyl (C=O) groups is 2. The third-order valence-corrected chi connectivity index (χ3v) is 7.70. The number of carboxylic acids is 1. The molecule has 1 heterocycles. The topological polar surface area (TPSA) is 93.4 Å². The molecule has 2 N–H and O–H groups in total. The number of thioether (sulfide) groups is 1. The van der Waals surface area contributed by atoms with E-state index in [-0.39, 0.29) is 30.5 Å². The Morgan fingerprint density at radius 3 is 2.68 bits per heavy atom. The predicted molar refractivity (Wildman–Crippen MR) is 111 cm³/mol. The van der Waals surface area contributed by atoms with Crippen LogP contribution in [0.25, 0.3) is 0 Å². The van der Waals surface area contributed by atoms with Crippen molar-refractivity contribution in [1.29, 1.82) is 0 Å². The smallest absolute Gasteiger partial charge is 0.341 e. The van der Waals surface area contributed by atoms with Gasteiger partial charge >= 0.3 is 12.0 Å². The molecule has 1 saturated heterocycles. The summed E-state index contributed by atoms with van der Waals surface area (Å²) in [7, 11) is 0. The lowest BCUT2D eigenvalue weighted by Gasteiger charge is -2.25. The summed E-state index contributed by atoms with van der Waals surface area (Å²) < 4.78 is 0. The summed E-state index contributed by atoms with van der Waals surface area (Å²) >= 11 is 1.82. The normalized spacial score (nSPS) is 29.6. The third kappa shape index (κ3) is 5.00. The van der Waals surface area contributed by atoms with Gasteiger partial charge in [-0.1, -0.05) is 19.3 Å². The molecule has 2 amide bonds. The van der Waals surface area contributed by atoms with Gasteiger partial charge in [-0.15, -0.1) is 0 Å². The zero-order valence-electron chi connectivity index (χ0n) is 16.7. The maximum atomic E-state index is 12.8. The van der Waals surface area contributed by atoms with Gasteiger partial charge in [0.2, 0.25) is 0 Å². The first-order valence-corrected chi connectivity index (χ1v) is 11.7. The molecule has 3 aliphatic rings. The number of aliphatic hydroxyl groups is 1. The molecule has 2 saturated carbocycles. The van der Waals surface area contributed by atoms with Crippen molar-refractivity contribution in [2.75, 3.05) is 12.3 Å². The molecule has 28 heavy (non-hydrogen) atoms. The average Bonchev–Trinajstić information content (AvgIpc) is 3.19. The summed E-state index contributed by atoms with van der Waals surface area (Å²) in [5.41, 5.74) is 0. The van der Waals surface area contributed by atoms with Crippen molar-refractivity contribution in [3.63, 3.8) is 0 Å². The van der Waals surface area contributed by atoms with Crippen LogP contribution in [0.5, 0.6) is 0 Å². The Bertz CT molecular complexity index is 582. The van der Waals surface area contributed by atoms with Gasteiger partial charge in [-0.05, 0) is 50.7 Å². The molecule has 0 spiro atoms. The first-order chi connectivity index (χ1) is 13.5. The van der Waals surface area contributed by atoms with Crippen LogP contribution in [0, 0.1) is 5.92 Å². The number of amides is 2. The molecule has 3 fully saturated rings. The van der Waals surface area contributed by atoms with Gasteiger partial charge in [0.25, 0.3) is 0 Å². The van der Waals surface area contributed by atoms with Gasteiger partial charge in [-0.2, -0.15) is 16.9 Å². The van der Waals surface area contributed by atoms with Crippen molar-refractivity contribution in [3.8, 4) is 0 Å². The lowest BCUT2D eigenvalue weighted by Crippen LogP contribution is -2.34. The quantitative estimate of drug-likeness (QED) is 0.449. The van der Waals surface area contributed by atoms with Crippen LogP contribution in [0.4, 0.5) is 4.79 Å². The van der Waals surface area contributed by atoms with E-state index in [1.165, 1.54) is 6.42 Å². The van der Waals surface area contributed by atoms with Crippen molar-refractivity contribution in [3.05, 3.63) is 0 Å². The number of hydrogen-bond donors (Lipinski definition) is 2. The second kappa shape index (κ2) is 9.96. The van der Waals surface area contributed by atoms with Gasteiger partial charge in [0.1, 0.15) is 0 Å². The van der Waals surface area contributed by atoms with E-state index in [0.29, 0.717) is 18.2 Å². The fourth-order valence-electron chi connectivity index (χ4n) is 4.81. The predicted octanol–water partition coefficient (Wildman–Crippen LogP) is 3.17. The SMILES string of the molecule is CCN1C(=O)N(N=CC(O)C2CCCCC2)C2CC(SCCCC(=O)O)CC21. The molecule has 3 rings (SSSR count). The molecule has 4 unspecified atom stereocenters. The van der Waals surface area contributed by atoms with Crippen LogP contribution in [-0.2, 0) is 4.79 Å². The Labute approximate surface area is 171 Å². The molecule has 158 valence electrons. The molecule has 0 aromatic heterocycles. The summed E-state index contributed by atoms with van der Waals surface area (Å²) in [6.45, 7) is 2.65. The van der Waals surface area contributed by atoms with Gasteiger partial charge in [0, 0.05) is 18.2 Å². The number of rotatable bonds is 9. The zero-order valence-corrected chi connectivity index (χ0v) is 17.5. The molecule has 2 aliphatic carbocycles. The second-order valence-electron chi connectivity index (χ2n) is 8.16. The highest BCUT2D eigenvalue weighted by Gasteiger charge is 2.51. The van der Waals surface area contributed by atoms with E-state index in [2.05, 4.69) is 5.10 Å². The van der Waals surface area contributed by atoms with E-state index >= 15 is 0 Å². The van der Waals surface area contributed by atoms with Gasteiger partial charge in [0.05, 0.1) is 24.4 Å². The number of aliphatic carboxylic acids is 1. The maximum Gasteiger partial charge on any atom is 0.341 e. The van der Waals surface area contributed by atoms with Crippen LogP contribution in [0.3, 0.4) is 0 Å². The van der Waals surface area contributed by atoms with Gasteiger partial charge in [0.15, 0.2) is 0 Å². The zero-order chi connectivity index (χ0) is 20.1. The number of carbonyl (C=O) groups excluding carboxylic acids is 1. The highest BCUT2D eigenvalue weighted by molar-refractivity contribution is 7.99. The number of nitrogens with zero attached hydrogens (tertiary/aromatic N) is 3. The molecule has 0 aromatic carbocycles. The maximum absolute atomic E-state index is 12.8. The number of hydrogen-bond acceptors (Lipinski definition) is 5. The van der Waals surface area contributed by atoms with Gasteiger partial charge in [-0.3, -0.25) is 4.79 Å². The molecule has 0 aromatic rings. The van der Waals surface area contributed by atoms with Gasteiger partial charge < -0.3 is 15.1 Å². The summed E-state index contributed by atoms with van der Waals surface area (Å²) in [5, 5.41) is 25.7. The average molecular weight is 412 g/mol. The number of aliphatic hydroxyl groups excluding tert-OH is 1. The van der Waals surface area contributed by atoms with Crippen LogP contribution in [0.1, 0.15) is 64.7 Å². The minimum atomic E-state index is -0.747. The minimum Gasteiger partial charge on any atom is -0.481 e. The van der Waals surface area contributed by atoms with Crippen molar-refractivity contribution < 1.29 is 19.8 Å². The Morgan fingerprint density at radius 2 is 2.00 bits per heavy atom.